The van der Waals surface area contributed by atoms with Gasteiger partial charge in [-0.2, -0.15) is 0 Å². The van der Waals surface area contributed by atoms with Gasteiger partial charge in [-0.05, 0) is 6.07 Å². The minimum absolute atomic E-state index is 0.00543. The lowest BCUT2D eigenvalue weighted by Crippen LogP contribution is -2.36. The maximum atomic E-state index is 13.4. The number of rotatable bonds is 3. The minimum Gasteiger partial charge on any atom is -0.383 e. The van der Waals surface area contributed by atoms with Crippen LogP contribution in [0.15, 0.2) is 48.8 Å². The molecule has 4 heterocycles. The Bertz CT molecular complexity index is 1180. The van der Waals surface area contributed by atoms with Crippen molar-refractivity contribution in [3.63, 3.8) is 0 Å². The summed E-state index contributed by atoms with van der Waals surface area (Å²) in [5.41, 5.74) is 7.78. The summed E-state index contributed by atoms with van der Waals surface area (Å²) in [5, 5.41) is 2.75. The van der Waals surface area contributed by atoms with Gasteiger partial charge in [-0.1, -0.05) is 30.3 Å². The first-order chi connectivity index (χ1) is 13.7. The highest BCUT2D eigenvalue weighted by Gasteiger charge is 2.27. The number of ether oxygens (including phenoxy) is 1. The Morgan fingerprint density at radius 1 is 1.11 bits per heavy atom. The van der Waals surface area contributed by atoms with Crippen LogP contribution in [0.25, 0.3) is 21.0 Å². The van der Waals surface area contributed by atoms with Crippen LogP contribution in [0.4, 0.5) is 11.5 Å². The summed E-state index contributed by atoms with van der Waals surface area (Å²) in [5.74, 6) is 0.440. The molecule has 6 nitrogen and oxygen atoms in total. The highest BCUT2D eigenvalue weighted by atomic mass is 32.1. The molecule has 140 valence electrons. The molecule has 1 aromatic carbocycles. The van der Waals surface area contributed by atoms with E-state index in [0.29, 0.717) is 29.5 Å². The van der Waals surface area contributed by atoms with Crippen molar-refractivity contribution in [3.8, 4) is 0 Å². The first-order valence-corrected chi connectivity index (χ1v) is 9.94. The molecule has 1 aliphatic rings. The molecular formula is C21H18N4O2S. The number of hydrogen-bond acceptors (Lipinski definition) is 7. The van der Waals surface area contributed by atoms with Gasteiger partial charge in [-0.25, -0.2) is 4.98 Å². The molecule has 0 aliphatic carbocycles. The van der Waals surface area contributed by atoms with Gasteiger partial charge in [-0.3, -0.25) is 9.78 Å². The average molecular weight is 390 g/mol. The van der Waals surface area contributed by atoms with Crippen LogP contribution in [0.2, 0.25) is 0 Å². The van der Waals surface area contributed by atoms with Gasteiger partial charge in [0.05, 0.1) is 18.9 Å². The second-order valence-corrected chi connectivity index (χ2v) is 7.67. The fraction of sp³-hybridized carbons (Fsp3) is 0.190. The molecule has 0 radical (unpaired) electrons. The van der Waals surface area contributed by atoms with Crippen LogP contribution < -0.4 is 10.6 Å². The molecule has 7 heteroatoms. The monoisotopic (exact) mass is 390 g/mol. The summed E-state index contributed by atoms with van der Waals surface area (Å²) < 4.78 is 5.53. The van der Waals surface area contributed by atoms with Crippen molar-refractivity contribution in [2.75, 3.05) is 36.9 Å². The molecule has 3 aromatic heterocycles. The van der Waals surface area contributed by atoms with Gasteiger partial charge < -0.3 is 15.4 Å². The van der Waals surface area contributed by atoms with E-state index in [0.717, 1.165) is 39.8 Å². The van der Waals surface area contributed by atoms with E-state index >= 15 is 0 Å². The molecule has 1 fully saturated rings. The predicted molar refractivity (Wildman–Crippen MR) is 112 cm³/mol. The van der Waals surface area contributed by atoms with Gasteiger partial charge in [0.15, 0.2) is 0 Å². The molecular weight excluding hydrogens is 372 g/mol. The van der Waals surface area contributed by atoms with E-state index in [1.165, 1.54) is 11.3 Å². The third kappa shape index (κ3) is 2.71. The molecule has 0 spiro atoms. The van der Waals surface area contributed by atoms with Gasteiger partial charge in [0.25, 0.3) is 0 Å². The normalized spacial score (nSPS) is 14.6. The number of carbonyl (C=O) groups is 1. The zero-order valence-corrected chi connectivity index (χ0v) is 15.9. The summed E-state index contributed by atoms with van der Waals surface area (Å²) in [6.07, 6.45) is 3.48. The second kappa shape index (κ2) is 6.85. The number of thiophene rings is 1. The van der Waals surface area contributed by atoms with E-state index in [2.05, 4.69) is 14.9 Å². The van der Waals surface area contributed by atoms with Crippen molar-refractivity contribution >= 4 is 49.6 Å². The van der Waals surface area contributed by atoms with Gasteiger partial charge in [0.2, 0.25) is 5.78 Å². The highest BCUT2D eigenvalue weighted by Crippen LogP contribution is 2.43. The number of morpholine rings is 1. The van der Waals surface area contributed by atoms with Gasteiger partial charge in [-0.15, -0.1) is 11.3 Å². The number of nitrogens with zero attached hydrogens (tertiary/aromatic N) is 3. The molecule has 0 bridgehead atoms. The number of hydrogen-bond donors (Lipinski definition) is 1. The summed E-state index contributed by atoms with van der Waals surface area (Å²) in [6.45, 7) is 2.74. The van der Waals surface area contributed by atoms with E-state index < -0.39 is 0 Å². The van der Waals surface area contributed by atoms with Gasteiger partial charge in [0, 0.05) is 47.2 Å². The number of benzene rings is 1. The first-order valence-electron chi connectivity index (χ1n) is 9.12. The zero-order valence-electron chi connectivity index (χ0n) is 15.1. The summed E-state index contributed by atoms with van der Waals surface area (Å²) in [7, 11) is 0. The molecule has 0 unspecified atom stereocenters. The Hall–Kier alpha value is -3.03. The smallest absolute Gasteiger partial charge is 0.205 e. The maximum Gasteiger partial charge on any atom is 0.205 e. The van der Waals surface area contributed by atoms with E-state index in [1.54, 1.807) is 12.4 Å². The number of nitrogens with two attached hydrogens (primary N) is 1. The number of nitrogen functional groups attached to an aromatic ring is 1. The van der Waals surface area contributed by atoms with Crippen LogP contribution in [0, 0.1) is 0 Å². The van der Waals surface area contributed by atoms with Crippen molar-refractivity contribution in [2.45, 2.75) is 0 Å². The molecule has 4 aromatic rings. The van der Waals surface area contributed by atoms with Crippen molar-refractivity contribution in [1.82, 2.24) is 9.97 Å². The quantitative estimate of drug-likeness (QED) is 0.539. The molecule has 0 amide bonds. The van der Waals surface area contributed by atoms with Crippen LogP contribution in [-0.4, -0.2) is 42.1 Å². The van der Waals surface area contributed by atoms with Crippen LogP contribution in [0.1, 0.15) is 15.2 Å². The molecule has 28 heavy (non-hydrogen) atoms. The van der Waals surface area contributed by atoms with Crippen molar-refractivity contribution in [3.05, 3.63) is 59.2 Å². The minimum atomic E-state index is 0.00543. The number of carbonyl (C=O) groups excluding carboxylic acids is 1. The van der Waals surface area contributed by atoms with Crippen LogP contribution in [0.3, 0.4) is 0 Å². The third-order valence-electron chi connectivity index (χ3n) is 5.02. The molecule has 1 saturated heterocycles. The van der Waals surface area contributed by atoms with Gasteiger partial charge in [0.1, 0.15) is 15.5 Å². The fourth-order valence-corrected chi connectivity index (χ4v) is 4.87. The molecule has 2 N–H and O–H groups in total. The van der Waals surface area contributed by atoms with Gasteiger partial charge >= 0.3 is 0 Å². The summed E-state index contributed by atoms with van der Waals surface area (Å²) in [6, 6.07) is 11.3. The standard InChI is InChI=1S/C21H18N4O2S/c22-20-15-12-23-7-6-14(15)16-17(25-8-10-27-11-9-25)19(28-21(16)24-20)18(26)13-4-2-1-3-5-13/h1-7,12H,8-11H2,(H2,22,24). The third-order valence-corrected chi connectivity index (χ3v) is 6.09. The summed E-state index contributed by atoms with van der Waals surface area (Å²) in [4.78, 5) is 25.9. The average Bonchev–Trinajstić information content (AvgIpc) is 3.14. The van der Waals surface area contributed by atoms with Crippen LogP contribution in [0.5, 0.6) is 0 Å². The van der Waals surface area contributed by atoms with Crippen molar-refractivity contribution < 1.29 is 9.53 Å². The van der Waals surface area contributed by atoms with Crippen molar-refractivity contribution in [2.24, 2.45) is 0 Å². The van der Waals surface area contributed by atoms with Crippen LogP contribution in [-0.2, 0) is 4.74 Å². The number of anilines is 2. The zero-order chi connectivity index (χ0) is 19.1. The molecule has 5 rings (SSSR count). The Balaban J connectivity index is 1.82. The Morgan fingerprint density at radius 2 is 1.89 bits per heavy atom. The maximum absolute atomic E-state index is 13.4. The topological polar surface area (TPSA) is 81.3 Å². The Labute approximate surface area is 165 Å². The lowest BCUT2D eigenvalue weighted by atomic mass is 10.0. The lowest BCUT2D eigenvalue weighted by molar-refractivity contribution is 0.104. The predicted octanol–water partition coefficient (Wildman–Crippen LogP) is 3.49. The van der Waals surface area contributed by atoms with Crippen molar-refractivity contribution in [1.29, 1.82) is 0 Å². The number of aromatic nitrogens is 2. The number of pyridine rings is 2. The Kier molecular flexibility index (Phi) is 4.18. The largest absolute Gasteiger partial charge is 0.383 e. The fourth-order valence-electron chi connectivity index (χ4n) is 3.68. The van der Waals surface area contributed by atoms with E-state index in [9.17, 15) is 4.79 Å². The van der Waals surface area contributed by atoms with E-state index in [4.69, 9.17) is 10.5 Å². The first kappa shape index (κ1) is 17.1. The van der Waals surface area contributed by atoms with Crippen LogP contribution >= 0.6 is 11.3 Å². The molecule has 0 atom stereocenters. The van der Waals surface area contributed by atoms with E-state index in [-0.39, 0.29) is 5.78 Å². The molecule has 1 aliphatic heterocycles. The van der Waals surface area contributed by atoms with E-state index in [1.807, 2.05) is 36.4 Å². The number of fused-ring (bicyclic) bond motifs is 3. The highest BCUT2D eigenvalue weighted by molar-refractivity contribution is 7.21. The Morgan fingerprint density at radius 3 is 2.68 bits per heavy atom. The lowest BCUT2D eigenvalue weighted by Gasteiger charge is -2.29. The SMILES string of the molecule is Nc1nc2sc(C(=O)c3ccccc3)c(N3CCOCC3)c2c2ccncc12. The second-order valence-electron chi connectivity index (χ2n) is 6.67. The number of ketones is 1. The molecule has 0 saturated carbocycles. The summed E-state index contributed by atoms with van der Waals surface area (Å²) >= 11 is 1.41.